The van der Waals surface area contributed by atoms with Crippen LogP contribution in [0.3, 0.4) is 0 Å². The van der Waals surface area contributed by atoms with Crippen LogP contribution in [-0.2, 0) is 22.7 Å². The van der Waals surface area contributed by atoms with Crippen LogP contribution in [0, 0.1) is 17.7 Å². The highest BCUT2D eigenvalue weighted by Crippen LogP contribution is 2.40. The van der Waals surface area contributed by atoms with Gasteiger partial charge in [0.2, 0.25) is 11.8 Å². The van der Waals surface area contributed by atoms with Gasteiger partial charge in [0.1, 0.15) is 24.7 Å². The Bertz CT molecular complexity index is 1570. The molecule has 1 saturated heterocycles. The van der Waals surface area contributed by atoms with Crippen molar-refractivity contribution in [1.29, 1.82) is 0 Å². The molecular weight excluding hydrogens is 569 g/mol. The van der Waals surface area contributed by atoms with E-state index in [9.17, 15) is 4.79 Å². The summed E-state index contributed by atoms with van der Waals surface area (Å²) in [5.41, 5.74) is 3.99. The number of nitrogens with zero attached hydrogens (tertiary/aromatic N) is 2. The van der Waals surface area contributed by atoms with Gasteiger partial charge in [-0.15, -0.1) is 0 Å². The zero-order chi connectivity index (χ0) is 31.2. The molecule has 45 heavy (non-hydrogen) atoms. The normalized spacial score (nSPS) is 18.1. The zero-order valence-electron chi connectivity index (χ0n) is 25.8. The van der Waals surface area contributed by atoms with Gasteiger partial charge in [-0.05, 0) is 53.6 Å². The van der Waals surface area contributed by atoms with Crippen molar-refractivity contribution in [2.45, 2.75) is 51.9 Å². The van der Waals surface area contributed by atoms with Crippen molar-refractivity contribution in [3.8, 4) is 11.8 Å². The van der Waals surface area contributed by atoms with E-state index in [4.69, 9.17) is 14.2 Å². The molecule has 0 radical (unpaired) electrons. The van der Waals surface area contributed by atoms with Crippen LogP contribution in [-0.4, -0.2) is 41.6 Å². The van der Waals surface area contributed by atoms with E-state index in [2.05, 4.69) is 15.2 Å². The lowest BCUT2D eigenvalue weighted by atomic mass is 9.76. The summed E-state index contributed by atoms with van der Waals surface area (Å²) in [5.74, 6) is 0.966. The van der Waals surface area contributed by atoms with Crippen LogP contribution in [0.1, 0.15) is 49.3 Å². The first-order valence-electron chi connectivity index (χ1n) is 15.7. The Balaban J connectivity index is 1.07. The van der Waals surface area contributed by atoms with Gasteiger partial charge in [0.05, 0.1) is 12.5 Å². The highest BCUT2D eigenvalue weighted by Gasteiger charge is 2.43. The molecule has 6 rings (SSSR count). The van der Waals surface area contributed by atoms with Gasteiger partial charge < -0.3 is 19.5 Å². The molecule has 1 aliphatic heterocycles. The molecule has 0 spiro atoms. The van der Waals surface area contributed by atoms with Gasteiger partial charge in [-0.1, -0.05) is 80.6 Å². The van der Waals surface area contributed by atoms with E-state index < -0.39 is 0 Å². The van der Waals surface area contributed by atoms with E-state index in [-0.39, 0.29) is 23.6 Å². The summed E-state index contributed by atoms with van der Waals surface area (Å²) in [6.07, 6.45) is 1.65. The van der Waals surface area contributed by atoms with Crippen LogP contribution in [0.5, 0.6) is 11.8 Å². The van der Waals surface area contributed by atoms with Gasteiger partial charge in [0.15, 0.2) is 0 Å². The molecular formula is C37H40FN3O4. The van der Waals surface area contributed by atoms with Crippen LogP contribution in [0.25, 0.3) is 0 Å². The van der Waals surface area contributed by atoms with E-state index >= 15 is 4.39 Å². The molecule has 0 amide bonds. The lowest BCUT2D eigenvalue weighted by molar-refractivity contribution is -0.156. The largest absolute Gasteiger partial charge is 0.473 e. The molecule has 2 heterocycles. The van der Waals surface area contributed by atoms with Crippen LogP contribution >= 0.6 is 0 Å². The number of esters is 1. The number of aromatic nitrogens is 1. The summed E-state index contributed by atoms with van der Waals surface area (Å²) < 4.78 is 32.8. The lowest BCUT2D eigenvalue weighted by Gasteiger charge is -2.50. The number of hydrogen-bond donors (Lipinski definition) is 1. The van der Waals surface area contributed by atoms with Gasteiger partial charge in [0, 0.05) is 36.8 Å². The summed E-state index contributed by atoms with van der Waals surface area (Å²) in [4.78, 5) is 19.2. The number of anilines is 2. The quantitative estimate of drug-likeness (QED) is 0.157. The highest BCUT2D eigenvalue weighted by molar-refractivity contribution is 5.73. The second kappa shape index (κ2) is 14.1. The van der Waals surface area contributed by atoms with E-state index in [1.165, 1.54) is 6.07 Å². The number of rotatable bonds is 13. The fourth-order valence-electron chi connectivity index (χ4n) is 5.71. The Labute approximate surface area is 264 Å². The minimum atomic E-state index is -0.240. The number of hydrogen-bond acceptors (Lipinski definition) is 7. The fourth-order valence-corrected chi connectivity index (χ4v) is 5.71. The van der Waals surface area contributed by atoms with Gasteiger partial charge in [-0.3, -0.25) is 9.69 Å². The number of ether oxygens (including phenoxy) is 3. The molecule has 0 unspecified atom stereocenters. The molecule has 7 nitrogen and oxygen atoms in total. The Kier molecular flexibility index (Phi) is 9.60. The number of nitrogens with one attached hydrogen (secondary N) is 1. The molecule has 2 fully saturated rings. The molecule has 1 saturated carbocycles. The number of carbonyl (C=O) groups is 1. The molecule has 1 aliphatic carbocycles. The standard InChI is InChI=1S/C37H40FN3O4/c1-25(2)22-45-37(42)28-17-31(18-28)41-20-29(21-41)32-14-13-30(19-33(32)38)39-34-15-16-35(43-23-26-9-5-3-6-10-26)40-36(34)44-24-27-11-7-4-8-12-27/h3-16,19,25,28-29,31,39H,17-18,20-24H2,1-2H3/t28-,31+. The lowest BCUT2D eigenvalue weighted by Crippen LogP contribution is -2.56. The predicted octanol–water partition coefficient (Wildman–Crippen LogP) is 7.50. The summed E-state index contributed by atoms with van der Waals surface area (Å²) in [7, 11) is 0. The Morgan fingerprint density at radius 1 is 0.911 bits per heavy atom. The van der Waals surface area contributed by atoms with Gasteiger partial charge in [-0.2, -0.15) is 4.98 Å². The van der Waals surface area contributed by atoms with E-state index in [0.717, 1.165) is 37.1 Å². The third-order valence-corrected chi connectivity index (χ3v) is 8.43. The summed E-state index contributed by atoms with van der Waals surface area (Å²) in [6.45, 7) is 6.86. The molecule has 1 N–H and O–H groups in total. The average molecular weight is 610 g/mol. The monoisotopic (exact) mass is 609 g/mol. The minimum Gasteiger partial charge on any atom is -0.473 e. The second-order valence-electron chi connectivity index (χ2n) is 12.4. The Morgan fingerprint density at radius 3 is 2.22 bits per heavy atom. The zero-order valence-corrected chi connectivity index (χ0v) is 25.8. The maximum Gasteiger partial charge on any atom is 0.309 e. The van der Waals surface area contributed by atoms with Crippen LogP contribution < -0.4 is 14.8 Å². The summed E-state index contributed by atoms with van der Waals surface area (Å²) in [5, 5.41) is 3.29. The predicted molar refractivity (Wildman–Crippen MR) is 172 cm³/mol. The number of pyridine rings is 1. The second-order valence-corrected chi connectivity index (χ2v) is 12.4. The molecule has 1 aromatic heterocycles. The van der Waals surface area contributed by atoms with E-state index in [1.54, 1.807) is 6.07 Å². The highest BCUT2D eigenvalue weighted by atomic mass is 19.1. The van der Waals surface area contributed by atoms with Crippen LogP contribution in [0.2, 0.25) is 0 Å². The number of benzene rings is 3. The first kappa shape index (κ1) is 30.6. The number of likely N-dealkylation sites (tertiary alicyclic amines) is 1. The SMILES string of the molecule is CC(C)COC(=O)[C@H]1C[C@@H](N2CC(c3ccc(Nc4ccc(OCc5ccccc5)nc4OCc4ccccc4)cc3F)C2)C1. The molecule has 8 heteroatoms. The topological polar surface area (TPSA) is 72.9 Å². The fraction of sp³-hybridized carbons (Fsp3) is 0.351. The summed E-state index contributed by atoms with van der Waals surface area (Å²) in [6, 6.07) is 29.1. The third-order valence-electron chi connectivity index (χ3n) is 8.43. The Hall–Kier alpha value is -4.43. The van der Waals surface area contributed by atoms with Crippen molar-refractivity contribution >= 4 is 17.3 Å². The van der Waals surface area contributed by atoms with Gasteiger partial charge >= 0.3 is 5.97 Å². The smallest absolute Gasteiger partial charge is 0.309 e. The Morgan fingerprint density at radius 2 is 1.58 bits per heavy atom. The van der Waals surface area contributed by atoms with Crippen molar-refractivity contribution in [2.24, 2.45) is 11.8 Å². The van der Waals surface area contributed by atoms with Crippen molar-refractivity contribution in [1.82, 2.24) is 9.88 Å². The first-order chi connectivity index (χ1) is 21.9. The third kappa shape index (κ3) is 7.81. The van der Waals surface area contributed by atoms with Crippen LogP contribution in [0.4, 0.5) is 15.8 Å². The molecule has 3 aromatic carbocycles. The van der Waals surface area contributed by atoms with E-state index in [0.29, 0.717) is 60.5 Å². The van der Waals surface area contributed by atoms with Crippen molar-refractivity contribution in [3.05, 3.63) is 114 Å². The number of halogens is 1. The first-order valence-corrected chi connectivity index (χ1v) is 15.7. The molecule has 2 aliphatic rings. The molecule has 4 aromatic rings. The van der Waals surface area contributed by atoms with Gasteiger partial charge in [-0.25, -0.2) is 4.39 Å². The molecule has 0 atom stereocenters. The van der Waals surface area contributed by atoms with Gasteiger partial charge in [0.25, 0.3) is 0 Å². The summed E-state index contributed by atoms with van der Waals surface area (Å²) >= 11 is 0. The number of carbonyl (C=O) groups excluding carboxylic acids is 1. The van der Waals surface area contributed by atoms with Crippen molar-refractivity contribution < 1.29 is 23.4 Å². The maximum absolute atomic E-state index is 15.4. The molecule has 234 valence electrons. The average Bonchev–Trinajstić information content (AvgIpc) is 3.00. The van der Waals surface area contributed by atoms with Crippen LogP contribution in [0.15, 0.2) is 91.0 Å². The van der Waals surface area contributed by atoms with Crippen molar-refractivity contribution in [2.75, 3.05) is 25.0 Å². The van der Waals surface area contributed by atoms with E-state index in [1.807, 2.05) is 92.7 Å². The van der Waals surface area contributed by atoms with Crippen molar-refractivity contribution in [3.63, 3.8) is 0 Å². The maximum atomic E-state index is 15.4. The minimum absolute atomic E-state index is 0.00422. The molecule has 0 bridgehead atoms.